The third-order valence-electron chi connectivity index (χ3n) is 5.07. The van der Waals surface area contributed by atoms with Crippen LogP contribution in [-0.4, -0.2) is 37.4 Å². The number of rotatable bonds is 4. The zero-order valence-electron chi connectivity index (χ0n) is 13.5. The Hall–Kier alpha value is -2.36. The van der Waals surface area contributed by atoms with E-state index in [0.717, 1.165) is 0 Å². The molecular weight excluding hydrogens is 305 g/mol. The smallest absolute Gasteiger partial charge is 0.409 e. The standard InChI is InChI=1S/C20H20FNO2/c21-10-9-14-11-22(12-14)20(23)24-13-19-17-7-3-1-5-15(17)16-6-2-4-8-18(16)19/h1-8,14,19H,9-13H2. The van der Waals surface area contributed by atoms with Crippen molar-refractivity contribution in [2.75, 3.05) is 26.4 Å². The summed E-state index contributed by atoms with van der Waals surface area (Å²) < 4.78 is 17.9. The SMILES string of the molecule is O=C(OCC1c2ccccc2-c2ccccc21)N1CC(CCF)C1. The molecule has 4 rings (SSSR count). The van der Waals surface area contributed by atoms with E-state index < -0.39 is 0 Å². The van der Waals surface area contributed by atoms with Gasteiger partial charge in [-0.3, -0.25) is 4.39 Å². The van der Waals surface area contributed by atoms with Crippen LogP contribution in [0.3, 0.4) is 0 Å². The predicted octanol–water partition coefficient (Wildman–Crippen LogP) is 4.23. The molecule has 2 aromatic carbocycles. The van der Waals surface area contributed by atoms with Crippen molar-refractivity contribution < 1.29 is 13.9 Å². The van der Waals surface area contributed by atoms with Gasteiger partial charge in [0.1, 0.15) is 6.61 Å². The van der Waals surface area contributed by atoms with Gasteiger partial charge in [-0.05, 0) is 34.6 Å². The van der Waals surface area contributed by atoms with Crippen LogP contribution in [-0.2, 0) is 4.74 Å². The third-order valence-corrected chi connectivity index (χ3v) is 5.07. The van der Waals surface area contributed by atoms with Gasteiger partial charge < -0.3 is 9.64 Å². The van der Waals surface area contributed by atoms with E-state index in [9.17, 15) is 9.18 Å². The van der Waals surface area contributed by atoms with Crippen molar-refractivity contribution in [3.63, 3.8) is 0 Å². The van der Waals surface area contributed by atoms with E-state index in [1.807, 2.05) is 24.3 Å². The Kier molecular flexibility index (Phi) is 3.97. The number of hydrogen-bond donors (Lipinski definition) is 0. The molecule has 0 radical (unpaired) electrons. The van der Waals surface area contributed by atoms with Crippen molar-refractivity contribution >= 4 is 6.09 Å². The summed E-state index contributed by atoms with van der Waals surface area (Å²) in [6, 6.07) is 16.6. The Labute approximate surface area is 141 Å². The Morgan fingerprint density at radius 1 is 1.04 bits per heavy atom. The first-order valence-corrected chi connectivity index (χ1v) is 8.44. The van der Waals surface area contributed by atoms with Gasteiger partial charge in [-0.2, -0.15) is 0 Å². The number of alkyl halides is 1. The first-order valence-electron chi connectivity index (χ1n) is 8.44. The molecule has 0 N–H and O–H groups in total. The number of likely N-dealkylation sites (tertiary alicyclic amines) is 1. The van der Waals surface area contributed by atoms with E-state index in [1.165, 1.54) is 22.3 Å². The molecule has 0 spiro atoms. The lowest BCUT2D eigenvalue weighted by molar-refractivity contribution is 0.0480. The zero-order valence-corrected chi connectivity index (χ0v) is 13.5. The van der Waals surface area contributed by atoms with Gasteiger partial charge in [0.05, 0.1) is 6.67 Å². The number of carbonyl (C=O) groups is 1. The minimum Gasteiger partial charge on any atom is -0.448 e. The topological polar surface area (TPSA) is 29.5 Å². The van der Waals surface area contributed by atoms with Gasteiger partial charge in [0.2, 0.25) is 0 Å². The molecule has 2 aromatic rings. The molecule has 124 valence electrons. The van der Waals surface area contributed by atoms with E-state index in [-0.39, 0.29) is 24.6 Å². The van der Waals surface area contributed by atoms with Gasteiger partial charge in [-0.25, -0.2) is 4.79 Å². The van der Waals surface area contributed by atoms with Gasteiger partial charge in [0, 0.05) is 19.0 Å². The van der Waals surface area contributed by atoms with E-state index in [1.54, 1.807) is 4.90 Å². The number of hydrogen-bond acceptors (Lipinski definition) is 2. The molecule has 0 aromatic heterocycles. The molecule has 0 saturated carbocycles. The molecule has 24 heavy (non-hydrogen) atoms. The minimum absolute atomic E-state index is 0.0873. The summed E-state index contributed by atoms with van der Waals surface area (Å²) in [5.41, 5.74) is 4.87. The van der Waals surface area contributed by atoms with Gasteiger partial charge in [0.25, 0.3) is 0 Å². The maximum absolute atomic E-state index is 12.3. The number of nitrogens with zero attached hydrogens (tertiary/aromatic N) is 1. The van der Waals surface area contributed by atoms with Crippen molar-refractivity contribution in [2.24, 2.45) is 5.92 Å². The molecule has 2 aliphatic rings. The van der Waals surface area contributed by atoms with Gasteiger partial charge in [0.15, 0.2) is 0 Å². The Balaban J connectivity index is 1.45. The van der Waals surface area contributed by atoms with Crippen molar-refractivity contribution in [1.82, 2.24) is 4.90 Å². The molecule has 1 heterocycles. The fraction of sp³-hybridized carbons (Fsp3) is 0.350. The summed E-state index contributed by atoms with van der Waals surface area (Å²) in [4.78, 5) is 13.8. The van der Waals surface area contributed by atoms with Gasteiger partial charge >= 0.3 is 6.09 Å². The summed E-state index contributed by atoms with van der Waals surface area (Å²) in [5, 5.41) is 0. The lowest BCUT2D eigenvalue weighted by Crippen LogP contribution is -2.50. The predicted molar refractivity (Wildman–Crippen MR) is 90.7 cm³/mol. The summed E-state index contributed by atoms with van der Waals surface area (Å²) in [7, 11) is 0. The number of amides is 1. The number of carbonyl (C=O) groups excluding carboxylic acids is 1. The second-order valence-corrected chi connectivity index (χ2v) is 6.55. The zero-order chi connectivity index (χ0) is 16.5. The van der Waals surface area contributed by atoms with Crippen molar-refractivity contribution in [2.45, 2.75) is 12.3 Å². The highest BCUT2D eigenvalue weighted by molar-refractivity contribution is 5.79. The Bertz CT molecular complexity index is 709. The first kappa shape index (κ1) is 15.2. The largest absolute Gasteiger partial charge is 0.448 e. The third kappa shape index (κ3) is 2.56. The second kappa shape index (κ2) is 6.27. The normalized spacial score (nSPS) is 16.5. The maximum atomic E-state index is 12.3. The van der Waals surface area contributed by atoms with Crippen LogP contribution in [0.1, 0.15) is 23.5 Å². The summed E-state index contributed by atoms with van der Waals surface area (Å²) in [6.07, 6.45) is 0.250. The first-order chi connectivity index (χ1) is 11.8. The van der Waals surface area contributed by atoms with Crippen LogP contribution >= 0.6 is 0 Å². The van der Waals surface area contributed by atoms with E-state index in [4.69, 9.17) is 4.74 Å². The highest BCUT2D eigenvalue weighted by atomic mass is 19.1. The summed E-state index contributed by atoms with van der Waals surface area (Å²) >= 11 is 0. The van der Waals surface area contributed by atoms with Crippen molar-refractivity contribution in [3.05, 3.63) is 59.7 Å². The molecule has 1 fully saturated rings. The molecule has 4 heteroatoms. The molecule has 1 aliphatic heterocycles. The molecule has 1 amide bonds. The maximum Gasteiger partial charge on any atom is 0.409 e. The molecule has 1 aliphatic carbocycles. The molecule has 0 atom stereocenters. The quantitative estimate of drug-likeness (QED) is 0.842. The summed E-state index contributed by atoms with van der Waals surface area (Å²) in [6.45, 7) is 1.25. The second-order valence-electron chi connectivity index (χ2n) is 6.55. The van der Waals surface area contributed by atoms with Crippen molar-refractivity contribution in [1.29, 1.82) is 0 Å². The molecule has 0 bridgehead atoms. The van der Waals surface area contributed by atoms with Crippen molar-refractivity contribution in [3.8, 4) is 11.1 Å². The van der Waals surface area contributed by atoms with E-state index >= 15 is 0 Å². The van der Waals surface area contributed by atoms with Crippen LogP contribution in [0, 0.1) is 5.92 Å². The molecule has 1 saturated heterocycles. The van der Waals surface area contributed by atoms with Crippen LogP contribution in [0.4, 0.5) is 9.18 Å². The van der Waals surface area contributed by atoms with Gasteiger partial charge in [-0.15, -0.1) is 0 Å². The number of ether oxygens (including phenoxy) is 1. The summed E-state index contributed by atoms with van der Waals surface area (Å²) in [5.74, 6) is 0.375. The fourth-order valence-electron chi connectivity index (χ4n) is 3.74. The van der Waals surface area contributed by atoms with Crippen LogP contribution in [0.5, 0.6) is 0 Å². The van der Waals surface area contributed by atoms with Crippen LogP contribution in [0.25, 0.3) is 11.1 Å². The monoisotopic (exact) mass is 325 g/mol. The number of fused-ring (bicyclic) bond motifs is 3. The van der Waals surface area contributed by atoms with Crippen LogP contribution in [0.15, 0.2) is 48.5 Å². The average molecular weight is 325 g/mol. The highest BCUT2D eigenvalue weighted by Crippen LogP contribution is 2.44. The average Bonchev–Trinajstić information content (AvgIpc) is 2.90. The fourth-order valence-corrected chi connectivity index (χ4v) is 3.74. The van der Waals surface area contributed by atoms with Crippen LogP contribution in [0.2, 0.25) is 0 Å². The number of halogens is 1. The lowest BCUT2D eigenvalue weighted by atomic mass is 9.97. The number of benzene rings is 2. The van der Waals surface area contributed by atoms with E-state index in [0.29, 0.717) is 26.1 Å². The molecular formula is C20H20FNO2. The minimum atomic E-state index is -0.316. The van der Waals surface area contributed by atoms with Gasteiger partial charge in [-0.1, -0.05) is 48.5 Å². The Morgan fingerprint density at radius 3 is 2.21 bits per heavy atom. The molecule has 0 unspecified atom stereocenters. The van der Waals surface area contributed by atoms with E-state index in [2.05, 4.69) is 24.3 Å². The molecule has 3 nitrogen and oxygen atoms in total. The van der Waals surface area contributed by atoms with Crippen LogP contribution < -0.4 is 0 Å². The highest BCUT2D eigenvalue weighted by Gasteiger charge is 2.33. The Morgan fingerprint density at radius 2 is 1.62 bits per heavy atom. The lowest BCUT2D eigenvalue weighted by Gasteiger charge is -2.38.